The average Bonchev–Trinajstić information content (AvgIpc) is 3.04. The van der Waals surface area contributed by atoms with E-state index in [2.05, 4.69) is 35.1 Å². The number of benzene rings is 2. The van der Waals surface area contributed by atoms with E-state index < -0.39 is 0 Å². The molecule has 0 unspecified atom stereocenters. The second-order valence-electron chi connectivity index (χ2n) is 8.38. The molecule has 6 heteroatoms. The third-order valence-electron chi connectivity index (χ3n) is 5.45. The van der Waals surface area contributed by atoms with E-state index in [0.717, 1.165) is 49.7 Å². The molecule has 0 radical (unpaired) electrons. The van der Waals surface area contributed by atoms with Crippen LogP contribution in [0.4, 0.5) is 5.69 Å². The molecule has 1 aliphatic rings. The summed E-state index contributed by atoms with van der Waals surface area (Å²) in [6.45, 7) is 6.48. The zero-order chi connectivity index (χ0) is 22.2. The number of hydrogen-bond donors (Lipinski definition) is 1. The fourth-order valence-electron chi connectivity index (χ4n) is 3.58. The van der Waals surface area contributed by atoms with Crippen LogP contribution in [0.1, 0.15) is 66.7 Å². The summed E-state index contributed by atoms with van der Waals surface area (Å²) in [7, 11) is 0. The van der Waals surface area contributed by atoms with Gasteiger partial charge in [-0.1, -0.05) is 38.8 Å². The van der Waals surface area contributed by atoms with Crippen molar-refractivity contribution in [3.05, 3.63) is 58.1 Å². The van der Waals surface area contributed by atoms with Crippen molar-refractivity contribution in [2.45, 2.75) is 46.0 Å². The normalized spacial score (nSPS) is 14.3. The van der Waals surface area contributed by atoms with Crippen molar-refractivity contribution in [2.24, 2.45) is 5.92 Å². The summed E-state index contributed by atoms with van der Waals surface area (Å²) in [5.74, 6) is 1.01. The first-order valence-corrected chi connectivity index (χ1v) is 11.9. The van der Waals surface area contributed by atoms with E-state index in [1.54, 1.807) is 30.3 Å². The molecule has 5 nitrogen and oxygen atoms in total. The van der Waals surface area contributed by atoms with Crippen molar-refractivity contribution < 1.29 is 14.3 Å². The van der Waals surface area contributed by atoms with Gasteiger partial charge in [-0.3, -0.25) is 9.59 Å². The van der Waals surface area contributed by atoms with Crippen LogP contribution in [0.2, 0.25) is 0 Å². The number of carbonyl (C=O) groups is 2. The Morgan fingerprint density at radius 1 is 1.06 bits per heavy atom. The van der Waals surface area contributed by atoms with Crippen molar-refractivity contribution in [3.63, 3.8) is 0 Å². The first-order valence-electron chi connectivity index (χ1n) is 11.1. The number of para-hydroxylation sites is 1. The predicted octanol–water partition coefficient (Wildman–Crippen LogP) is 6.14. The molecule has 0 saturated carbocycles. The topological polar surface area (TPSA) is 58.6 Å². The molecule has 0 atom stereocenters. The molecule has 166 valence electrons. The summed E-state index contributed by atoms with van der Waals surface area (Å²) in [5.41, 5.74) is 1.57. The molecule has 1 saturated heterocycles. The van der Waals surface area contributed by atoms with Crippen LogP contribution in [0.3, 0.4) is 0 Å². The summed E-state index contributed by atoms with van der Waals surface area (Å²) in [6.07, 6.45) is 5.35. The summed E-state index contributed by atoms with van der Waals surface area (Å²) in [6, 6.07) is 12.5. The van der Waals surface area contributed by atoms with Crippen LogP contribution >= 0.6 is 15.9 Å². The lowest BCUT2D eigenvalue weighted by Crippen LogP contribution is -2.32. The minimum atomic E-state index is -0.259. The van der Waals surface area contributed by atoms with Crippen LogP contribution in [0.25, 0.3) is 0 Å². The van der Waals surface area contributed by atoms with Crippen LogP contribution < -0.4 is 10.1 Å². The quantitative estimate of drug-likeness (QED) is 0.510. The molecule has 2 amide bonds. The molecule has 1 aliphatic heterocycles. The fraction of sp³-hybridized carbons (Fsp3) is 0.440. The van der Waals surface area contributed by atoms with Crippen molar-refractivity contribution in [1.29, 1.82) is 0 Å². The van der Waals surface area contributed by atoms with E-state index in [0.29, 0.717) is 35.1 Å². The Balaban J connectivity index is 1.70. The lowest BCUT2D eigenvalue weighted by atomic mass is 10.1. The first-order chi connectivity index (χ1) is 15.0. The van der Waals surface area contributed by atoms with E-state index in [-0.39, 0.29) is 11.8 Å². The van der Waals surface area contributed by atoms with Crippen molar-refractivity contribution in [2.75, 3.05) is 25.0 Å². The van der Waals surface area contributed by atoms with Crippen molar-refractivity contribution in [3.8, 4) is 5.75 Å². The van der Waals surface area contributed by atoms with Gasteiger partial charge in [0.05, 0.1) is 22.3 Å². The number of nitrogens with one attached hydrogen (secondary N) is 1. The molecule has 0 spiro atoms. The maximum Gasteiger partial charge on any atom is 0.255 e. The molecule has 0 aliphatic carbocycles. The van der Waals surface area contributed by atoms with Crippen LogP contribution in [-0.2, 0) is 0 Å². The third-order valence-corrected chi connectivity index (χ3v) is 6.07. The number of halogens is 1. The highest BCUT2D eigenvalue weighted by atomic mass is 79.9. The molecular formula is C25H31BrN2O3. The molecule has 31 heavy (non-hydrogen) atoms. The number of ether oxygens (including phenoxy) is 1. The Bertz CT molecular complexity index is 905. The SMILES string of the molecule is CC(C)CCOc1ccc(C(=O)Nc2ccccc2C(=O)N2CCCCCC2)cc1Br. The van der Waals surface area contributed by atoms with Gasteiger partial charge in [0.25, 0.3) is 11.8 Å². The summed E-state index contributed by atoms with van der Waals surface area (Å²) in [5, 5.41) is 2.92. The average molecular weight is 487 g/mol. The Morgan fingerprint density at radius 2 is 1.77 bits per heavy atom. The van der Waals surface area contributed by atoms with Gasteiger partial charge in [-0.2, -0.15) is 0 Å². The minimum Gasteiger partial charge on any atom is -0.492 e. The molecule has 0 bridgehead atoms. The largest absolute Gasteiger partial charge is 0.492 e. The molecule has 1 fully saturated rings. The maximum absolute atomic E-state index is 13.1. The number of nitrogens with zero attached hydrogens (tertiary/aromatic N) is 1. The Labute approximate surface area is 193 Å². The highest BCUT2D eigenvalue weighted by molar-refractivity contribution is 9.10. The maximum atomic E-state index is 13.1. The molecule has 1 heterocycles. The molecular weight excluding hydrogens is 456 g/mol. The Hall–Kier alpha value is -2.34. The molecule has 0 aromatic heterocycles. The number of carbonyl (C=O) groups excluding carboxylic acids is 2. The monoisotopic (exact) mass is 486 g/mol. The second kappa shape index (κ2) is 11.3. The van der Waals surface area contributed by atoms with Crippen LogP contribution in [0.15, 0.2) is 46.9 Å². The van der Waals surface area contributed by atoms with Gasteiger partial charge >= 0.3 is 0 Å². The van der Waals surface area contributed by atoms with E-state index in [1.807, 2.05) is 17.0 Å². The minimum absolute atomic E-state index is 0.0205. The molecule has 1 N–H and O–H groups in total. The predicted molar refractivity (Wildman–Crippen MR) is 128 cm³/mol. The van der Waals surface area contributed by atoms with Crippen LogP contribution in [0, 0.1) is 5.92 Å². The Morgan fingerprint density at radius 3 is 2.45 bits per heavy atom. The van der Waals surface area contributed by atoms with Gasteiger partial charge in [0, 0.05) is 18.7 Å². The van der Waals surface area contributed by atoms with E-state index in [4.69, 9.17) is 4.74 Å². The smallest absolute Gasteiger partial charge is 0.255 e. The first kappa shape index (κ1) is 23.3. The second-order valence-corrected chi connectivity index (χ2v) is 9.24. The van der Waals surface area contributed by atoms with Gasteiger partial charge in [-0.15, -0.1) is 0 Å². The van der Waals surface area contributed by atoms with Gasteiger partial charge in [0.2, 0.25) is 0 Å². The van der Waals surface area contributed by atoms with Crippen LogP contribution in [0.5, 0.6) is 5.75 Å². The van der Waals surface area contributed by atoms with Crippen molar-refractivity contribution >= 4 is 33.4 Å². The summed E-state index contributed by atoms with van der Waals surface area (Å²) in [4.78, 5) is 27.9. The van der Waals surface area contributed by atoms with Gasteiger partial charge in [-0.05, 0) is 71.4 Å². The summed E-state index contributed by atoms with van der Waals surface area (Å²) >= 11 is 3.50. The molecule has 3 rings (SSSR count). The number of amides is 2. The lowest BCUT2D eigenvalue weighted by Gasteiger charge is -2.22. The van der Waals surface area contributed by atoms with Gasteiger partial charge in [-0.25, -0.2) is 0 Å². The number of likely N-dealkylation sites (tertiary alicyclic amines) is 1. The van der Waals surface area contributed by atoms with Gasteiger partial charge in [0.1, 0.15) is 5.75 Å². The fourth-order valence-corrected chi connectivity index (χ4v) is 4.07. The number of rotatable bonds is 7. The van der Waals surface area contributed by atoms with Gasteiger partial charge < -0.3 is 15.0 Å². The third kappa shape index (κ3) is 6.57. The van der Waals surface area contributed by atoms with Gasteiger partial charge in [0.15, 0.2) is 0 Å². The summed E-state index contributed by atoms with van der Waals surface area (Å²) < 4.78 is 6.53. The van der Waals surface area contributed by atoms with Crippen molar-refractivity contribution in [1.82, 2.24) is 4.90 Å². The standard InChI is InChI=1S/C25H31BrN2O3/c1-18(2)13-16-31-23-12-11-19(17-21(23)26)24(29)27-22-10-6-5-9-20(22)25(30)28-14-7-3-4-8-15-28/h5-6,9-12,17-18H,3-4,7-8,13-16H2,1-2H3,(H,27,29). The van der Waals surface area contributed by atoms with Crippen LogP contribution in [-0.4, -0.2) is 36.4 Å². The highest BCUT2D eigenvalue weighted by Gasteiger charge is 2.21. The lowest BCUT2D eigenvalue weighted by molar-refractivity contribution is 0.0762. The zero-order valence-corrected chi connectivity index (χ0v) is 19.9. The zero-order valence-electron chi connectivity index (χ0n) is 18.3. The van der Waals surface area contributed by atoms with E-state index in [1.165, 1.54) is 0 Å². The number of anilines is 1. The van der Waals surface area contributed by atoms with E-state index >= 15 is 0 Å². The number of hydrogen-bond acceptors (Lipinski definition) is 3. The highest BCUT2D eigenvalue weighted by Crippen LogP contribution is 2.27. The molecule has 2 aromatic rings. The molecule has 2 aromatic carbocycles. The Kier molecular flexibility index (Phi) is 8.52. The van der Waals surface area contributed by atoms with E-state index in [9.17, 15) is 9.59 Å².